The van der Waals surface area contributed by atoms with E-state index in [0.29, 0.717) is 23.8 Å². The summed E-state index contributed by atoms with van der Waals surface area (Å²) in [4.78, 5) is 11.9. The summed E-state index contributed by atoms with van der Waals surface area (Å²) in [5.41, 5.74) is 1.22. The molecule has 0 saturated carbocycles. The highest BCUT2D eigenvalue weighted by Crippen LogP contribution is 2.21. The zero-order valence-corrected chi connectivity index (χ0v) is 14.2. The number of hydrogen-bond donors (Lipinski definition) is 1. The second kappa shape index (κ2) is 8.24. The van der Waals surface area contributed by atoms with Crippen LogP contribution in [0.4, 0.5) is 4.39 Å². The van der Waals surface area contributed by atoms with E-state index in [1.165, 1.54) is 6.07 Å². The van der Waals surface area contributed by atoms with E-state index in [1.54, 1.807) is 37.4 Å². The predicted octanol–water partition coefficient (Wildman–Crippen LogP) is 3.13. The third-order valence-electron chi connectivity index (χ3n) is 3.80. The van der Waals surface area contributed by atoms with E-state index in [-0.39, 0.29) is 24.7 Å². The molecule has 3 aromatic rings. The fourth-order valence-electron chi connectivity index (χ4n) is 2.35. The number of rotatable bonds is 7. The largest absolute Gasteiger partial charge is 0.497 e. The van der Waals surface area contributed by atoms with Gasteiger partial charge in [0.05, 0.1) is 7.11 Å². The molecule has 0 saturated heterocycles. The fourth-order valence-corrected chi connectivity index (χ4v) is 2.35. The molecule has 1 aromatic heterocycles. The van der Waals surface area contributed by atoms with Gasteiger partial charge in [-0.15, -0.1) is 10.2 Å². The highest BCUT2D eigenvalue weighted by atomic mass is 19.1. The van der Waals surface area contributed by atoms with E-state index < -0.39 is 0 Å². The molecule has 1 heterocycles. The lowest BCUT2D eigenvalue weighted by atomic mass is 10.2. The maximum absolute atomic E-state index is 13.5. The first-order chi connectivity index (χ1) is 12.7. The van der Waals surface area contributed by atoms with Crippen LogP contribution in [0.5, 0.6) is 5.75 Å². The summed E-state index contributed by atoms with van der Waals surface area (Å²) in [6, 6.07) is 13.6. The van der Waals surface area contributed by atoms with Crippen LogP contribution < -0.4 is 10.1 Å². The Morgan fingerprint density at radius 1 is 1.15 bits per heavy atom. The van der Waals surface area contributed by atoms with Gasteiger partial charge in [0.15, 0.2) is 0 Å². The monoisotopic (exact) mass is 355 g/mol. The van der Waals surface area contributed by atoms with Gasteiger partial charge < -0.3 is 14.5 Å². The summed E-state index contributed by atoms with van der Waals surface area (Å²) in [7, 11) is 1.59. The molecular weight excluding hydrogens is 337 g/mol. The number of aromatic nitrogens is 2. The number of carbonyl (C=O) groups is 1. The van der Waals surface area contributed by atoms with E-state index >= 15 is 0 Å². The molecule has 3 rings (SSSR count). The van der Waals surface area contributed by atoms with Gasteiger partial charge in [0.1, 0.15) is 11.6 Å². The molecular formula is C19H18FN3O3. The molecule has 0 aliphatic heterocycles. The normalized spacial score (nSPS) is 10.5. The molecule has 134 valence electrons. The average molecular weight is 355 g/mol. The van der Waals surface area contributed by atoms with Crippen molar-refractivity contribution in [2.24, 2.45) is 0 Å². The first kappa shape index (κ1) is 17.6. The maximum Gasteiger partial charge on any atom is 0.247 e. The van der Waals surface area contributed by atoms with Crippen LogP contribution in [-0.4, -0.2) is 23.2 Å². The number of benzene rings is 2. The fraction of sp³-hybridized carbons (Fsp3) is 0.211. The van der Waals surface area contributed by atoms with E-state index in [1.807, 2.05) is 12.1 Å². The summed E-state index contributed by atoms with van der Waals surface area (Å²) in [6.07, 6.45) is 0.491. The van der Waals surface area contributed by atoms with Crippen molar-refractivity contribution in [3.63, 3.8) is 0 Å². The molecule has 0 bridgehead atoms. The van der Waals surface area contributed by atoms with Crippen molar-refractivity contribution < 1.29 is 18.3 Å². The Morgan fingerprint density at radius 3 is 2.65 bits per heavy atom. The van der Waals surface area contributed by atoms with Gasteiger partial charge in [0.25, 0.3) is 0 Å². The van der Waals surface area contributed by atoms with Crippen LogP contribution in [0.1, 0.15) is 17.9 Å². The van der Waals surface area contributed by atoms with Crippen molar-refractivity contribution >= 4 is 5.91 Å². The van der Waals surface area contributed by atoms with Crippen LogP contribution in [0.2, 0.25) is 0 Å². The number of nitrogens with zero attached hydrogens (tertiary/aromatic N) is 2. The SMILES string of the molecule is COc1ccc(-c2nnc(CCC(=O)NCc3ccccc3F)o2)cc1. The van der Waals surface area contributed by atoms with Crippen LogP contribution >= 0.6 is 0 Å². The number of methoxy groups -OCH3 is 1. The third kappa shape index (κ3) is 4.44. The van der Waals surface area contributed by atoms with Crippen LogP contribution in [0.25, 0.3) is 11.5 Å². The molecule has 0 radical (unpaired) electrons. The molecule has 7 heteroatoms. The molecule has 0 aliphatic rings. The zero-order chi connectivity index (χ0) is 18.4. The molecule has 0 unspecified atom stereocenters. The second-order valence-corrected chi connectivity index (χ2v) is 5.60. The summed E-state index contributed by atoms with van der Waals surface area (Å²) in [5, 5.41) is 10.6. The Bertz CT molecular complexity index is 878. The van der Waals surface area contributed by atoms with Gasteiger partial charge in [-0.3, -0.25) is 4.79 Å². The first-order valence-corrected chi connectivity index (χ1v) is 8.12. The number of ether oxygens (including phenoxy) is 1. The van der Waals surface area contributed by atoms with Gasteiger partial charge in [0.2, 0.25) is 17.7 Å². The van der Waals surface area contributed by atoms with Gasteiger partial charge in [-0.1, -0.05) is 18.2 Å². The second-order valence-electron chi connectivity index (χ2n) is 5.60. The Kier molecular flexibility index (Phi) is 5.58. The van der Waals surface area contributed by atoms with Crippen molar-refractivity contribution in [2.45, 2.75) is 19.4 Å². The number of aryl methyl sites for hydroxylation is 1. The highest BCUT2D eigenvalue weighted by molar-refractivity contribution is 5.76. The van der Waals surface area contributed by atoms with Crippen LogP contribution in [0.15, 0.2) is 52.9 Å². The average Bonchev–Trinajstić information content (AvgIpc) is 3.15. The summed E-state index contributed by atoms with van der Waals surface area (Å²) < 4.78 is 24.2. The molecule has 1 N–H and O–H groups in total. The van der Waals surface area contributed by atoms with Crippen LogP contribution in [0, 0.1) is 5.82 Å². The van der Waals surface area contributed by atoms with Gasteiger partial charge in [-0.2, -0.15) is 0 Å². The topological polar surface area (TPSA) is 77.2 Å². The minimum Gasteiger partial charge on any atom is -0.497 e. The number of hydrogen-bond acceptors (Lipinski definition) is 5. The minimum atomic E-state index is -0.339. The van der Waals surface area contributed by atoms with Gasteiger partial charge in [-0.05, 0) is 30.3 Å². The Balaban J connectivity index is 1.51. The number of amides is 1. The van der Waals surface area contributed by atoms with E-state index in [9.17, 15) is 9.18 Å². The zero-order valence-electron chi connectivity index (χ0n) is 14.2. The minimum absolute atomic E-state index is 0.145. The molecule has 0 aliphatic carbocycles. The molecule has 6 nitrogen and oxygen atoms in total. The van der Waals surface area contributed by atoms with Crippen LogP contribution in [0.3, 0.4) is 0 Å². The van der Waals surface area contributed by atoms with E-state index in [4.69, 9.17) is 9.15 Å². The lowest BCUT2D eigenvalue weighted by Crippen LogP contribution is -2.23. The predicted molar refractivity (Wildman–Crippen MR) is 92.9 cm³/mol. The summed E-state index contributed by atoms with van der Waals surface area (Å²) in [5.74, 6) is 0.942. The number of halogens is 1. The van der Waals surface area contributed by atoms with Crippen molar-refractivity contribution in [3.05, 3.63) is 65.8 Å². The van der Waals surface area contributed by atoms with Crippen molar-refractivity contribution in [2.75, 3.05) is 7.11 Å². The van der Waals surface area contributed by atoms with Crippen molar-refractivity contribution in [3.8, 4) is 17.2 Å². The highest BCUT2D eigenvalue weighted by Gasteiger charge is 2.11. The first-order valence-electron chi connectivity index (χ1n) is 8.12. The maximum atomic E-state index is 13.5. The smallest absolute Gasteiger partial charge is 0.247 e. The standard InChI is InChI=1S/C19H18FN3O3/c1-25-15-8-6-13(7-9-15)19-23-22-18(26-19)11-10-17(24)21-12-14-4-2-3-5-16(14)20/h2-9H,10-12H2,1H3,(H,21,24). The summed E-state index contributed by atoms with van der Waals surface area (Å²) in [6.45, 7) is 0.145. The quantitative estimate of drug-likeness (QED) is 0.704. The Labute approximate surface area is 150 Å². The van der Waals surface area contributed by atoms with Gasteiger partial charge >= 0.3 is 0 Å². The number of carbonyl (C=O) groups excluding carboxylic acids is 1. The molecule has 2 aromatic carbocycles. The lowest BCUT2D eigenvalue weighted by molar-refractivity contribution is -0.121. The third-order valence-corrected chi connectivity index (χ3v) is 3.80. The number of nitrogens with one attached hydrogen (secondary N) is 1. The van der Waals surface area contributed by atoms with E-state index in [2.05, 4.69) is 15.5 Å². The lowest BCUT2D eigenvalue weighted by Gasteiger charge is -2.05. The van der Waals surface area contributed by atoms with E-state index in [0.717, 1.165) is 11.3 Å². The summed E-state index contributed by atoms with van der Waals surface area (Å²) >= 11 is 0. The molecule has 26 heavy (non-hydrogen) atoms. The molecule has 0 fully saturated rings. The van der Waals surface area contributed by atoms with Gasteiger partial charge in [-0.25, -0.2) is 4.39 Å². The van der Waals surface area contributed by atoms with Crippen LogP contribution in [-0.2, 0) is 17.8 Å². The molecule has 1 amide bonds. The Hall–Kier alpha value is -3.22. The van der Waals surface area contributed by atoms with Crippen molar-refractivity contribution in [1.29, 1.82) is 0 Å². The Morgan fingerprint density at radius 2 is 1.92 bits per heavy atom. The molecule has 0 atom stereocenters. The molecule has 0 spiro atoms. The van der Waals surface area contributed by atoms with Gasteiger partial charge in [0, 0.05) is 30.5 Å². The van der Waals surface area contributed by atoms with Crippen molar-refractivity contribution in [1.82, 2.24) is 15.5 Å².